The molecule has 1 aliphatic heterocycles. The molecule has 1 aliphatic carbocycles. The first-order valence-electron chi connectivity index (χ1n) is 13.1. The first-order chi connectivity index (χ1) is 18.2. The summed E-state index contributed by atoms with van der Waals surface area (Å²) in [7, 11) is 4.06. The lowest BCUT2D eigenvalue weighted by atomic mass is 9.98. The van der Waals surface area contributed by atoms with Crippen LogP contribution in [0.4, 0.5) is 5.69 Å². The average molecular weight is 510 g/mol. The van der Waals surface area contributed by atoms with Crippen molar-refractivity contribution in [2.75, 3.05) is 19.1 Å². The van der Waals surface area contributed by atoms with Crippen LogP contribution in [0, 0.1) is 12.8 Å². The molecule has 1 heterocycles. The fourth-order valence-corrected chi connectivity index (χ4v) is 4.66. The van der Waals surface area contributed by atoms with Crippen LogP contribution in [0.3, 0.4) is 0 Å². The quantitative estimate of drug-likeness (QED) is 0.259. The van der Waals surface area contributed by atoms with Gasteiger partial charge >= 0.3 is 0 Å². The van der Waals surface area contributed by atoms with Crippen molar-refractivity contribution in [3.8, 4) is 11.1 Å². The highest BCUT2D eigenvalue weighted by atomic mass is 16.2. The molecule has 2 amide bonds. The number of carbonyl (C=O) groups excluding carboxylic acids is 2. The van der Waals surface area contributed by atoms with Crippen molar-refractivity contribution >= 4 is 29.8 Å². The Kier molecular flexibility index (Phi) is 7.06. The Morgan fingerprint density at radius 1 is 1.00 bits per heavy atom. The molecule has 7 nitrogen and oxygen atoms in total. The second-order valence-electron chi connectivity index (χ2n) is 10.5. The van der Waals surface area contributed by atoms with Gasteiger partial charge in [0.1, 0.15) is 6.17 Å². The lowest BCUT2D eigenvalue weighted by Gasteiger charge is -2.21. The van der Waals surface area contributed by atoms with Gasteiger partial charge in [0.2, 0.25) is 5.91 Å². The van der Waals surface area contributed by atoms with Gasteiger partial charge in [0, 0.05) is 23.7 Å². The molecule has 0 spiro atoms. The molecule has 2 aliphatic rings. The van der Waals surface area contributed by atoms with Gasteiger partial charge in [-0.2, -0.15) is 0 Å². The van der Waals surface area contributed by atoms with E-state index in [2.05, 4.69) is 40.7 Å². The molecule has 196 valence electrons. The smallest absolute Gasteiger partial charge is 0.272 e. The maximum atomic E-state index is 13.2. The molecule has 0 radical (unpaired) electrons. The SMILES string of the molecule is Cc1ccc(N(N)C(=O)c2ccc(C(C)N(C)C)cc2)cc1-c1ccc2c(c1)=CNC(NC(=O)C1CC1)C=2. The predicted octanol–water partition coefficient (Wildman–Crippen LogP) is 2.78. The third-order valence-corrected chi connectivity index (χ3v) is 7.54. The Morgan fingerprint density at radius 3 is 2.42 bits per heavy atom. The van der Waals surface area contributed by atoms with Crippen LogP contribution in [-0.2, 0) is 4.79 Å². The number of carbonyl (C=O) groups is 2. The second-order valence-corrected chi connectivity index (χ2v) is 10.5. The summed E-state index contributed by atoms with van der Waals surface area (Å²) in [5.74, 6) is 6.34. The molecule has 1 fully saturated rings. The zero-order valence-corrected chi connectivity index (χ0v) is 22.4. The Hall–Kier alpha value is -3.94. The van der Waals surface area contributed by atoms with Crippen molar-refractivity contribution in [2.24, 2.45) is 11.8 Å². The minimum atomic E-state index is -0.263. The number of amides is 2. The highest BCUT2D eigenvalue weighted by Gasteiger charge is 2.30. The molecule has 3 aromatic rings. The number of hydrogen-bond acceptors (Lipinski definition) is 5. The van der Waals surface area contributed by atoms with E-state index >= 15 is 0 Å². The fourth-order valence-electron chi connectivity index (χ4n) is 4.66. The Labute approximate surface area is 223 Å². The summed E-state index contributed by atoms with van der Waals surface area (Å²) >= 11 is 0. The fraction of sp³-hybridized carbons (Fsp3) is 0.290. The number of nitrogens with one attached hydrogen (secondary N) is 2. The van der Waals surface area contributed by atoms with Crippen LogP contribution in [0.1, 0.15) is 47.3 Å². The number of hydrogen-bond donors (Lipinski definition) is 3. The maximum absolute atomic E-state index is 13.2. The summed E-state index contributed by atoms with van der Waals surface area (Å²) < 4.78 is 0. The molecule has 2 unspecified atom stereocenters. The van der Waals surface area contributed by atoms with Gasteiger partial charge in [0.15, 0.2) is 0 Å². The van der Waals surface area contributed by atoms with Crippen molar-refractivity contribution in [2.45, 2.75) is 38.9 Å². The van der Waals surface area contributed by atoms with E-state index in [9.17, 15) is 9.59 Å². The molecule has 0 aromatic heterocycles. The topological polar surface area (TPSA) is 90.7 Å². The van der Waals surface area contributed by atoms with Gasteiger partial charge in [-0.25, -0.2) is 10.9 Å². The largest absolute Gasteiger partial charge is 0.368 e. The molecular weight excluding hydrogens is 474 g/mol. The van der Waals surface area contributed by atoms with Crippen molar-refractivity contribution in [1.29, 1.82) is 0 Å². The van der Waals surface area contributed by atoms with Gasteiger partial charge in [-0.05, 0) is 110 Å². The van der Waals surface area contributed by atoms with E-state index < -0.39 is 0 Å². The maximum Gasteiger partial charge on any atom is 0.272 e. The molecule has 38 heavy (non-hydrogen) atoms. The summed E-state index contributed by atoms with van der Waals surface area (Å²) in [6.45, 7) is 4.17. The summed E-state index contributed by atoms with van der Waals surface area (Å²) in [5, 5.41) is 9.63. The van der Waals surface area contributed by atoms with Crippen LogP contribution < -0.4 is 31.9 Å². The zero-order valence-electron chi connectivity index (χ0n) is 22.4. The molecule has 4 N–H and O–H groups in total. The van der Waals surface area contributed by atoms with Crippen molar-refractivity contribution in [3.05, 3.63) is 87.8 Å². The van der Waals surface area contributed by atoms with Crippen molar-refractivity contribution in [3.63, 3.8) is 0 Å². The molecule has 7 heteroatoms. The average Bonchev–Trinajstić information content (AvgIpc) is 3.78. The predicted molar refractivity (Wildman–Crippen MR) is 152 cm³/mol. The van der Waals surface area contributed by atoms with Crippen LogP contribution in [-0.4, -0.2) is 37.0 Å². The van der Waals surface area contributed by atoms with Crippen molar-refractivity contribution in [1.82, 2.24) is 15.5 Å². The number of nitrogens with zero attached hydrogens (tertiary/aromatic N) is 2. The molecule has 0 bridgehead atoms. The number of aryl methyl sites for hydroxylation is 1. The third kappa shape index (κ3) is 5.35. The molecule has 1 saturated carbocycles. The zero-order chi connectivity index (χ0) is 27.0. The highest BCUT2D eigenvalue weighted by molar-refractivity contribution is 6.05. The standard InChI is InChI=1S/C31H35N5O2/c1-19-5-14-27(36(32)31(38)23-10-6-21(7-11-23)20(2)35(3)4)17-28(19)25-13-12-24-16-29(33-18-26(24)15-25)34-30(37)22-8-9-22/h5-7,10-18,20,22,29,33H,8-9,32H2,1-4H3,(H,34,37). The highest BCUT2D eigenvalue weighted by Crippen LogP contribution is 2.29. The van der Waals surface area contributed by atoms with Crippen LogP contribution in [0.2, 0.25) is 0 Å². The summed E-state index contributed by atoms with van der Waals surface area (Å²) in [4.78, 5) is 27.4. The lowest BCUT2D eigenvalue weighted by molar-refractivity contribution is -0.122. The van der Waals surface area contributed by atoms with Crippen LogP contribution in [0.25, 0.3) is 23.4 Å². The van der Waals surface area contributed by atoms with E-state index in [1.807, 2.05) is 75.8 Å². The minimum absolute atomic E-state index is 0.111. The number of hydrazine groups is 1. The molecule has 5 rings (SSSR count). The normalized spacial score (nSPS) is 16.9. The van der Waals surface area contributed by atoms with E-state index in [4.69, 9.17) is 5.84 Å². The Balaban J connectivity index is 1.36. The number of fused-ring (bicyclic) bond motifs is 1. The van der Waals surface area contributed by atoms with E-state index in [-0.39, 0.29) is 29.9 Å². The van der Waals surface area contributed by atoms with E-state index in [1.54, 1.807) is 0 Å². The Morgan fingerprint density at radius 2 is 1.74 bits per heavy atom. The van der Waals surface area contributed by atoms with Gasteiger partial charge in [-0.3, -0.25) is 9.59 Å². The molecular formula is C31H35N5O2. The van der Waals surface area contributed by atoms with E-state index in [1.165, 1.54) is 5.01 Å². The van der Waals surface area contributed by atoms with Crippen molar-refractivity contribution < 1.29 is 9.59 Å². The first-order valence-corrected chi connectivity index (χ1v) is 13.1. The summed E-state index contributed by atoms with van der Waals surface area (Å²) in [6.07, 6.45) is 5.73. The molecule has 2 atom stereocenters. The minimum Gasteiger partial charge on any atom is -0.368 e. The third-order valence-electron chi connectivity index (χ3n) is 7.54. The van der Waals surface area contributed by atoms with Gasteiger partial charge in [0.05, 0.1) is 5.69 Å². The summed E-state index contributed by atoms with van der Waals surface area (Å²) in [5.41, 5.74) is 5.41. The van der Waals surface area contributed by atoms with Crippen LogP contribution >= 0.6 is 0 Å². The monoisotopic (exact) mass is 509 g/mol. The number of benzene rings is 3. The van der Waals surface area contributed by atoms with Gasteiger partial charge in [-0.15, -0.1) is 0 Å². The number of rotatable bonds is 7. The van der Waals surface area contributed by atoms with E-state index in [0.29, 0.717) is 11.3 Å². The summed E-state index contributed by atoms with van der Waals surface area (Å²) in [6, 6.07) is 19.9. The number of nitrogens with two attached hydrogens (primary N) is 1. The van der Waals surface area contributed by atoms with Crippen LogP contribution in [0.15, 0.2) is 60.7 Å². The number of anilines is 1. The van der Waals surface area contributed by atoms with Gasteiger partial charge in [0.25, 0.3) is 5.91 Å². The van der Waals surface area contributed by atoms with E-state index in [0.717, 1.165) is 45.5 Å². The first kappa shape index (κ1) is 25.7. The lowest BCUT2D eigenvalue weighted by Crippen LogP contribution is -2.48. The van der Waals surface area contributed by atoms with Gasteiger partial charge < -0.3 is 15.5 Å². The van der Waals surface area contributed by atoms with Crippen LogP contribution in [0.5, 0.6) is 0 Å². The second kappa shape index (κ2) is 10.4. The molecule has 3 aromatic carbocycles. The Bertz CT molecular complexity index is 1490. The van der Waals surface area contributed by atoms with Gasteiger partial charge in [-0.1, -0.05) is 30.3 Å². The molecule has 0 saturated heterocycles.